The van der Waals surface area contributed by atoms with E-state index in [1.807, 2.05) is 4.90 Å². The Morgan fingerprint density at radius 2 is 1.79 bits per heavy atom. The molecular formula is C19H20FNO3. The van der Waals surface area contributed by atoms with Crippen LogP contribution in [0.1, 0.15) is 24.4 Å². The molecule has 4 nitrogen and oxygen atoms in total. The molecule has 1 unspecified atom stereocenters. The Bertz CT molecular complexity index is 685. The normalized spacial score (nSPS) is 16.9. The average molecular weight is 329 g/mol. The van der Waals surface area contributed by atoms with E-state index >= 15 is 0 Å². The molecule has 24 heavy (non-hydrogen) atoms. The van der Waals surface area contributed by atoms with E-state index in [2.05, 4.69) is 0 Å². The number of nitrogens with zero attached hydrogens (tertiary/aromatic N) is 1. The number of hydrogen-bond donors (Lipinski definition) is 0. The molecule has 0 radical (unpaired) electrons. The smallest absolute Gasteiger partial charge is 0.261 e. The fourth-order valence-corrected chi connectivity index (χ4v) is 3.00. The van der Waals surface area contributed by atoms with Crippen LogP contribution in [0.2, 0.25) is 0 Å². The zero-order valence-electron chi connectivity index (χ0n) is 13.6. The molecule has 0 bridgehead atoms. The summed E-state index contributed by atoms with van der Waals surface area (Å²) in [6.45, 7) is 0.691. The van der Waals surface area contributed by atoms with E-state index < -0.39 is 0 Å². The van der Waals surface area contributed by atoms with Crippen molar-refractivity contribution >= 4 is 5.91 Å². The molecule has 3 rings (SSSR count). The molecule has 2 aromatic rings. The van der Waals surface area contributed by atoms with E-state index in [-0.39, 0.29) is 24.4 Å². The minimum atomic E-state index is -0.266. The molecular weight excluding hydrogens is 309 g/mol. The lowest BCUT2D eigenvalue weighted by Crippen LogP contribution is -2.34. The maximum atomic E-state index is 13.1. The summed E-state index contributed by atoms with van der Waals surface area (Å²) in [7, 11) is 1.60. The van der Waals surface area contributed by atoms with Gasteiger partial charge in [0.25, 0.3) is 5.91 Å². The van der Waals surface area contributed by atoms with Crippen molar-refractivity contribution in [2.45, 2.75) is 18.9 Å². The van der Waals surface area contributed by atoms with E-state index in [4.69, 9.17) is 9.47 Å². The Morgan fingerprint density at radius 1 is 1.12 bits per heavy atom. The van der Waals surface area contributed by atoms with Gasteiger partial charge in [-0.05, 0) is 54.8 Å². The Morgan fingerprint density at radius 3 is 2.46 bits per heavy atom. The molecule has 0 saturated carbocycles. The minimum absolute atomic E-state index is 0.00225. The largest absolute Gasteiger partial charge is 0.497 e. The fraction of sp³-hybridized carbons (Fsp3) is 0.316. The monoisotopic (exact) mass is 329 g/mol. The molecule has 1 saturated heterocycles. The fourth-order valence-electron chi connectivity index (χ4n) is 3.00. The van der Waals surface area contributed by atoms with Gasteiger partial charge in [-0.3, -0.25) is 4.79 Å². The summed E-state index contributed by atoms with van der Waals surface area (Å²) in [5.74, 6) is 1.04. The van der Waals surface area contributed by atoms with Crippen LogP contribution in [0, 0.1) is 5.82 Å². The van der Waals surface area contributed by atoms with Crippen LogP contribution in [0.5, 0.6) is 11.5 Å². The quantitative estimate of drug-likeness (QED) is 0.842. The Kier molecular flexibility index (Phi) is 4.99. The third-order valence-electron chi connectivity index (χ3n) is 4.25. The summed E-state index contributed by atoms with van der Waals surface area (Å²) in [5.41, 5.74) is 0.965. The van der Waals surface area contributed by atoms with Gasteiger partial charge in [-0.15, -0.1) is 0 Å². The van der Waals surface area contributed by atoms with Gasteiger partial charge in [-0.2, -0.15) is 0 Å². The van der Waals surface area contributed by atoms with Gasteiger partial charge in [0.15, 0.2) is 6.61 Å². The first-order valence-electron chi connectivity index (χ1n) is 7.99. The average Bonchev–Trinajstić information content (AvgIpc) is 3.10. The van der Waals surface area contributed by atoms with Crippen LogP contribution in [0.3, 0.4) is 0 Å². The first-order valence-corrected chi connectivity index (χ1v) is 7.99. The second-order valence-corrected chi connectivity index (χ2v) is 5.76. The van der Waals surface area contributed by atoms with E-state index in [1.54, 1.807) is 43.5 Å². The lowest BCUT2D eigenvalue weighted by Gasteiger charge is -2.25. The van der Waals surface area contributed by atoms with Crippen molar-refractivity contribution in [2.75, 3.05) is 20.3 Å². The summed E-state index contributed by atoms with van der Waals surface area (Å²) in [6.07, 6.45) is 1.83. The number of carbonyl (C=O) groups is 1. The topological polar surface area (TPSA) is 38.8 Å². The summed E-state index contributed by atoms with van der Waals surface area (Å²) >= 11 is 0. The summed E-state index contributed by atoms with van der Waals surface area (Å²) in [4.78, 5) is 14.3. The number of carbonyl (C=O) groups excluding carboxylic acids is 1. The molecule has 0 aliphatic carbocycles. The van der Waals surface area contributed by atoms with E-state index in [0.29, 0.717) is 12.3 Å². The molecule has 1 atom stereocenters. The van der Waals surface area contributed by atoms with E-state index in [9.17, 15) is 9.18 Å². The van der Waals surface area contributed by atoms with Gasteiger partial charge >= 0.3 is 0 Å². The van der Waals surface area contributed by atoms with Gasteiger partial charge in [-0.25, -0.2) is 4.39 Å². The summed E-state index contributed by atoms with van der Waals surface area (Å²) in [5, 5.41) is 0. The second kappa shape index (κ2) is 7.34. The van der Waals surface area contributed by atoms with E-state index in [0.717, 1.165) is 24.2 Å². The molecule has 0 aromatic heterocycles. The number of amides is 1. The standard InChI is InChI=1S/C19H20FNO3/c1-23-16-8-10-17(11-9-16)24-13-19(22)21-12-2-3-18(21)14-4-6-15(20)7-5-14/h4-11,18H,2-3,12-13H2,1H3. The molecule has 1 amide bonds. The number of methoxy groups -OCH3 is 1. The summed E-state index contributed by atoms with van der Waals surface area (Å²) < 4.78 is 23.7. The van der Waals surface area contributed by atoms with Gasteiger partial charge in [0.2, 0.25) is 0 Å². The molecule has 0 spiro atoms. The molecule has 126 valence electrons. The maximum Gasteiger partial charge on any atom is 0.261 e. The van der Waals surface area contributed by atoms with Crippen LogP contribution in [0.4, 0.5) is 4.39 Å². The Labute approximate surface area is 140 Å². The molecule has 1 aliphatic rings. The molecule has 1 aliphatic heterocycles. The first kappa shape index (κ1) is 16.3. The minimum Gasteiger partial charge on any atom is -0.497 e. The number of ether oxygens (including phenoxy) is 2. The van der Waals surface area contributed by atoms with Crippen molar-refractivity contribution in [2.24, 2.45) is 0 Å². The molecule has 1 fully saturated rings. The SMILES string of the molecule is COc1ccc(OCC(=O)N2CCCC2c2ccc(F)cc2)cc1. The molecule has 5 heteroatoms. The molecule has 1 heterocycles. The van der Waals surface area contributed by atoms with Crippen molar-refractivity contribution in [1.29, 1.82) is 0 Å². The first-order chi connectivity index (χ1) is 11.7. The van der Waals surface area contributed by atoms with Gasteiger partial charge in [0, 0.05) is 6.54 Å². The van der Waals surface area contributed by atoms with Crippen molar-refractivity contribution in [1.82, 2.24) is 4.90 Å². The van der Waals surface area contributed by atoms with Gasteiger partial charge in [0.1, 0.15) is 17.3 Å². The van der Waals surface area contributed by atoms with Gasteiger partial charge < -0.3 is 14.4 Å². The highest BCUT2D eigenvalue weighted by molar-refractivity contribution is 5.78. The number of benzene rings is 2. The predicted octanol–water partition coefficient (Wildman–Crippen LogP) is 3.58. The zero-order valence-corrected chi connectivity index (χ0v) is 13.6. The molecule has 2 aromatic carbocycles. The van der Waals surface area contributed by atoms with Gasteiger partial charge in [-0.1, -0.05) is 12.1 Å². The van der Waals surface area contributed by atoms with Crippen LogP contribution in [0.15, 0.2) is 48.5 Å². The van der Waals surface area contributed by atoms with Gasteiger partial charge in [0.05, 0.1) is 13.2 Å². The van der Waals surface area contributed by atoms with Crippen LogP contribution in [0.25, 0.3) is 0 Å². The van der Waals surface area contributed by atoms with Crippen molar-refractivity contribution in [3.63, 3.8) is 0 Å². The predicted molar refractivity (Wildman–Crippen MR) is 88.6 cm³/mol. The van der Waals surface area contributed by atoms with E-state index in [1.165, 1.54) is 12.1 Å². The van der Waals surface area contributed by atoms with Crippen LogP contribution in [-0.4, -0.2) is 31.1 Å². The van der Waals surface area contributed by atoms with Crippen molar-refractivity contribution < 1.29 is 18.7 Å². The van der Waals surface area contributed by atoms with Crippen LogP contribution >= 0.6 is 0 Å². The maximum absolute atomic E-state index is 13.1. The lowest BCUT2D eigenvalue weighted by molar-refractivity contribution is -0.134. The zero-order chi connectivity index (χ0) is 16.9. The van der Waals surface area contributed by atoms with Crippen molar-refractivity contribution in [3.8, 4) is 11.5 Å². The third-order valence-corrected chi connectivity index (χ3v) is 4.25. The number of rotatable bonds is 5. The Hall–Kier alpha value is -2.56. The van der Waals surface area contributed by atoms with Crippen molar-refractivity contribution in [3.05, 3.63) is 59.9 Å². The second-order valence-electron chi connectivity index (χ2n) is 5.76. The Balaban J connectivity index is 1.61. The highest BCUT2D eigenvalue weighted by Crippen LogP contribution is 2.32. The van der Waals surface area contributed by atoms with Crippen LogP contribution < -0.4 is 9.47 Å². The summed E-state index contributed by atoms with van der Waals surface area (Å²) in [6, 6.07) is 13.5. The highest BCUT2D eigenvalue weighted by atomic mass is 19.1. The highest BCUT2D eigenvalue weighted by Gasteiger charge is 2.30. The number of hydrogen-bond acceptors (Lipinski definition) is 3. The van der Waals surface area contributed by atoms with Crippen LogP contribution in [-0.2, 0) is 4.79 Å². The number of halogens is 1. The third kappa shape index (κ3) is 3.67. The number of likely N-dealkylation sites (tertiary alicyclic amines) is 1. The molecule has 0 N–H and O–H groups in total. The lowest BCUT2D eigenvalue weighted by atomic mass is 10.0.